The Kier molecular flexibility index (Phi) is 9.74. The molecule has 0 spiro atoms. The van der Waals surface area contributed by atoms with E-state index in [0.29, 0.717) is 13.3 Å². The third kappa shape index (κ3) is 7.04. The molecular formula is C24H34IN5O3. The Morgan fingerprint density at radius 3 is 2.48 bits per heavy atom. The zero-order valence-electron chi connectivity index (χ0n) is 19.4. The first kappa shape index (κ1) is 25.2. The van der Waals surface area contributed by atoms with Gasteiger partial charge in [-0.3, -0.25) is 9.89 Å². The van der Waals surface area contributed by atoms with Crippen molar-refractivity contribution in [1.82, 2.24) is 15.5 Å². The molecule has 2 aromatic rings. The molecule has 0 saturated carbocycles. The van der Waals surface area contributed by atoms with Gasteiger partial charge < -0.3 is 29.7 Å². The SMILES string of the molecule is CN=C(NCCCN1CCN(c2ccc(OC)cc2)CC1)NCc1ccc2c(c1)OCO2.I. The second-order valence-electron chi connectivity index (χ2n) is 7.92. The van der Waals surface area contributed by atoms with Crippen molar-refractivity contribution in [2.75, 3.05) is 65.1 Å². The van der Waals surface area contributed by atoms with Crippen LogP contribution in [0.1, 0.15) is 12.0 Å². The highest BCUT2D eigenvalue weighted by atomic mass is 127. The van der Waals surface area contributed by atoms with Crippen molar-refractivity contribution in [3.05, 3.63) is 48.0 Å². The number of nitrogens with zero attached hydrogens (tertiary/aromatic N) is 3. The van der Waals surface area contributed by atoms with Crippen LogP contribution in [0.5, 0.6) is 17.2 Å². The van der Waals surface area contributed by atoms with E-state index in [9.17, 15) is 0 Å². The van der Waals surface area contributed by atoms with E-state index < -0.39 is 0 Å². The van der Waals surface area contributed by atoms with Gasteiger partial charge in [-0.2, -0.15) is 0 Å². The van der Waals surface area contributed by atoms with E-state index in [1.165, 1.54) is 5.69 Å². The van der Waals surface area contributed by atoms with Crippen LogP contribution < -0.4 is 29.7 Å². The fraction of sp³-hybridized carbons (Fsp3) is 0.458. The topological polar surface area (TPSA) is 70.6 Å². The summed E-state index contributed by atoms with van der Waals surface area (Å²) in [5.41, 5.74) is 2.40. The second-order valence-corrected chi connectivity index (χ2v) is 7.92. The van der Waals surface area contributed by atoms with Crippen molar-refractivity contribution in [1.29, 1.82) is 0 Å². The largest absolute Gasteiger partial charge is 0.497 e. The van der Waals surface area contributed by atoms with E-state index in [0.717, 1.165) is 74.5 Å². The normalized spacial score (nSPS) is 15.7. The predicted octanol–water partition coefficient (Wildman–Crippen LogP) is 2.92. The maximum absolute atomic E-state index is 5.44. The van der Waals surface area contributed by atoms with Crippen LogP contribution in [0.4, 0.5) is 5.69 Å². The molecule has 8 nitrogen and oxygen atoms in total. The minimum Gasteiger partial charge on any atom is -0.497 e. The molecule has 180 valence electrons. The smallest absolute Gasteiger partial charge is 0.231 e. The Hall–Kier alpha value is -2.40. The van der Waals surface area contributed by atoms with E-state index in [-0.39, 0.29) is 24.0 Å². The predicted molar refractivity (Wildman–Crippen MR) is 142 cm³/mol. The van der Waals surface area contributed by atoms with Gasteiger partial charge in [0, 0.05) is 52.0 Å². The molecule has 0 unspecified atom stereocenters. The molecule has 0 amide bonds. The fourth-order valence-corrected chi connectivity index (χ4v) is 3.99. The number of hydrogen-bond donors (Lipinski definition) is 2. The zero-order chi connectivity index (χ0) is 22.2. The molecule has 0 bridgehead atoms. The molecule has 0 radical (unpaired) electrons. The van der Waals surface area contributed by atoms with E-state index in [1.807, 2.05) is 30.3 Å². The summed E-state index contributed by atoms with van der Waals surface area (Å²) < 4.78 is 16.1. The molecule has 1 fully saturated rings. The molecule has 0 aromatic heterocycles. The number of aliphatic imine (C=N–C) groups is 1. The number of anilines is 1. The third-order valence-corrected chi connectivity index (χ3v) is 5.87. The van der Waals surface area contributed by atoms with Crippen molar-refractivity contribution in [2.45, 2.75) is 13.0 Å². The molecule has 0 aliphatic carbocycles. The Labute approximate surface area is 213 Å². The highest BCUT2D eigenvalue weighted by Gasteiger charge is 2.17. The zero-order valence-corrected chi connectivity index (χ0v) is 21.7. The monoisotopic (exact) mass is 567 g/mol. The summed E-state index contributed by atoms with van der Waals surface area (Å²) in [5.74, 6) is 3.33. The number of methoxy groups -OCH3 is 1. The van der Waals surface area contributed by atoms with Crippen LogP contribution in [0.15, 0.2) is 47.5 Å². The molecule has 9 heteroatoms. The van der Waals surface area contributed by atoms with Gasteiger partial charge in [0.1, 0.15) is 5.75 Å². The molecule has 2 heterocycles. The first-order valence-electron chi connectivity index (χ1n) is 11.2. The van der Waals surface area contributed by atoms with Crippen LogP contribution in [0.3, 0.4) is 0 Å². The summed E-state index contributed by atoms with van der Waals surface area (Å²) >= 11 is 0. The molecule has 2 aliphatic heterocycles. The van der Waals surface area contributed by atoms with Gasteiger partial charge in [0.2, 0.25) is 6.79 Å². The molecule has 1 saturated heterocycles. The minimum atomic E-state index is 0. The minimum absolute atomic E-state index is 0. The molecule has 2 aromatic carbocycles. The van der Waals surface area contributed by atoms with Crippen LogP contribution >= 0.6 is 24.0 Å². The summed E-state index contributed by atoms with van der Waals surface area (Å²) in [6, 6.07) is 14.3. The van der Waals surface area contributed by atoms with Crippen LogP contribution in [-0.2, 0) is 6.54 Å². The second kappa shape index (κ2) is 12.7. The van der Waals surface area contributed by atoms with Crippen molar-refractivity contribution in [2.24, 2.45) is 4.99 Å². The first-order valence-corrected chi connectivity index (χ1v) is 11.2. The van der Waals surface area contributed by atoms with Gasteiger partial charge in [0.15, 0.2) is 17.5 Å². The van der Waals surface area contributed by atoms with Gasteiger partial charge in [0.05, 0.1) is 7.11 Å². The third-order valence-electron chi connectivity index (χ3n) is 5.87. The number of guanidine groups is 1. The molecule has 2 aliphatic rings. The lowest BCUT2D eigenvalue weighted by molar-refractivity contribution is 0.174. The van der Waals surface area contributed by atoms with Crippen LogP contribution in [0.25, 0.3) is 0 Å². The van der Waals surface area contributed by atoms with Crippen LogP contribution in [-0.4, -0.2) is 71.1 Å². The van der Waals surface area contributed by atoms with Crippen molar-refractivity contribution >= 4 is 35.6 Å². The standard InChI is InChI=1S/C24H33N5O3.HI/c1-25-24(27-17-19-4-9-22-23(16-19)32-18-31-22)26-10-3-11-28-12-14-29(15-13-28)20-5-7-21(30-2)8-6-20;/h4-9,16H,3,10-15,17-18H2,1-2H3,(H2,25,26,27);1H. The Bertz CT molecular complexity index is 901. The molecule has 0 atom stereocenters. The van der Waals surface area contributed by atoms with E-state index >= 15 is 0 Å². The van der Waals surface area contributed by atoms with Gasteiger partial charge in [-0.15, -0.1) is 24.0 Å². The highest BCUT2D eigenvalue weighted by Crippen LogP contribution is 2.32. The first-order chi connectivity index (χ1) is 15.7. The van der Waals surface area contributed by atoms with Gasteiger partial charge in [-0.25, -0.2) is 0 Å². The lowest BCUT2D eigenvalue weighted by atomic mass is 10.2. The van der Waals surface area contributed by atoms with Crippen molar-refractivity contribution in [3.63, 3.8) is 0 Å². The van der Waals surface area contributed by atoms with E-state index in [4.69, 9.17) is 14.2 Å². The summed E-state index contributed by atoms with van der Waals surface area (Å²) in [6.07, 6.45) is 1.08. The van der Waals surface area contributed by atoms with Gasteiger partial charge in [-0.1, -0.05) is 6.07 Å². The number of rotatable bonds is 8. The average molecular weight is 567 g/mol. The van der Waals surface area contributed by atoms with E-state index in [1.54, 1.807) is 14.2 Å². The lowest BCUT2D eigenvalue weighted by Gasteiger charge is -2.36. The number of nitrogens with one attached hydrogen (secondary N) is 2. The highest BCUT2D eigenvalue weighted by molar-refractivity contribution is 14.0. The van der Waals surface area contributed by atoms with Crippen LogP contribution in [0, 0.1) is 0 Å². The summed E-state index contributed by atoms with van der Waals surface area (Å²) in [4.78, 5) is 9.30. The molecule has 2 N–H and O–H groups in total. The maximum Gasteiger partial charge on any atom is 0.231 e. The fourth-order valence-electron chi connectivity index (χ4n) is 3.99. The molecular weight excluding hydrogens is 533 g/mol. The average Bonchev–Trinajstić information content (AvgIpc) is 3.32. The number of benzene rings is 2. The van der Waals surface area contributed by atoms with Crippen molar-refractivity contribution in [3.8, 4) is 17.2 Å². The van der Waals surface area contributed by atoms with E-state index in [2.05, 4.69) is 37.6 Å². The van der Waals surface area contributed by atoms with Gasteiger partial charge in [-0.05, 0) is 54.9 Å². The number of piperazine rings is 1. The van der Waals surface area contributed by atoms with Crippen molar-refractivity contribution < 1.29 is 14.2 Å². The number of halogens is 1. The molecule has 4 rings (SSSR count). The lowest BCUT2D eigenvalue weighted by Crippen LogP contribution is -2.47. The quantitative estimate of drug-likeness (QED) is 0.220. The summed E-state index contributed by atoms with van der Waals surface area (Å²) in [7, 11) is 3.50. The Balaban J connectivity index is 0.00000306. The summed E-state index contributed by atoms with van der Waals surface area (Å²) in [5, 5.41) is 6.77. The Morgan fingerprint density at radius 1 is 1.00 bits per heavy atom. The maximum atomic E-state index is 5.44. The summed E-state index contributed by atoms with van der Waals surface area (Å²) in [6.45, 7) is 7.24. The number of fused-ring (bicyclic) bond motifs is 1. The van der Waals surface area contributed by atoms with Gasteiger partial charge >= 0.3 is 0 Å². The Morgan fingerprint density at radius 2 is 1.76 bits per heavy atom. The number of hydrogen-bond acceptors (Lipinski definition) is 6. The van der Waals surface area contributed by atoms with Gasteiger partial charge in [0.25, 0.3) is 0 Å². The number of ether oxygens (including phenoxy) is 3. The van der Waals surface area contributed by atoms with Crippen LogP contribution in [0.2, 0.25) is 0 Å². The molecule has 33 heavy (non-hydrogen) atoms.